The van der Waals surface area contributed by atoms with Crippen molar-refractivity contribution in [3.8, 4) is 11.1 Å². The first-order valence-corrected chi connectivity index (χ1v) is 8.44. The van der Waals surface area contributed by atoms with Crippen molar-refractivity contribution in [1.82, 2.24) is 14.1 Å². The van der Waals surface area contributed by atoms with Gasteiger partial charge in [-0.1, -0.05) is 36.4 Å². The summed E-state index contributed by atoms with van der Waals surface area (Å²) in [7, 11) is 3.05. The predicted octanol–water partition coefficient (Wildman–Crippen LogP) is 3.06. The zero-order valence-electron chi connectivity index (χ0n) is 14.9. The van der Waals surface area contributed by atoms with Gasteiger partial charge in [-0.25, -0.2) is 9.78 Å². The van der Waals surface area contributed by atoms with E-state index < -0.39 is 0 Å². The minimum atomic E-state index is -0.368. The van der Waals surface area contributed by atoms with Crippen molar-refractivity contribution in [3.63, 3.8) is 0 Å². The molecule has 0 amide bonds. The number of aryl methyl sites for hydroxylation is 1. The van der Waals surface area contributed by atoms with Crippen LogP contribution >= 0.6 is 0 Å². The summed E-state index contributed by atoms with van der Waals surface area (Å²) in [6, 6.07) is 15.9. The predicted molar refractivity (Wildman–Crippen MR) is 105 cm³/mol. The molecule has 4 rings (SSSR count). The maximum atomic E-state index is 12.2. The van der Waals surface area contributed by atoms with Crippen LogP contribution in [-0.2, 0) is 14.1 Å². The Labute approximate surface area is 154 Å². The molecule has 27 heavy (non-hydrogen) atoms. The molecule has 2 heterocycles. The number of aromatic nitrogens is 3. The summed E-state index contributed by atoms with van der Waals surface area (Å²) >= 11 is 0. The van der Waals surface area contributed by atoms with Crippen LogP contribution in [0.25, 0.3) is 34.4 Å². The molecule has 0 bridgehead atoms. The molecule has 0 unspecified atom stereocenters. The lowest BCUT2D eigenvalue weighted by Gasteiger charge is -2.02. The van der Waals surface area contributed by atoms with Crippen molar-refractivity contribution in [2.24, 2.45) is 14.1 Å². The van der Waals surface area contributed by atoms with Gasteiger partial charge >= 0.3 is 5.69 Å². The third kappa shape index (κ3) is 3.13. The van der Waals surface area contributed by atoms with Crippen molar-refractivity contribution in [2.75, 3.05) is 0 Å². The van der Waals surface area contributed by atoms with Gasteiger partial charge in [0, 0.05) is 26.4 Å². The van der Waals surface area contributed by atoms with Gasteiger partial charge in [0.25, 0.3) is 5.56 Å². The first-order valence-electron chi connectivity index (χ1n) is 8.44. The van der Waals surface area contributed by atoms with Crippen molar-refractivity contribution in [3.05, 3.63) is 87.0 Å². The molecule has 0 spiro atoms. The standard InChI is InChI=1S/C21H17N3O3/c1-23-13-16(20(25)24(2)21(23)26)9-11-19-22-17-12-15(8-10-18(17)27-19)14-6-4-3-5-7-14/h3-13H,1-2H3/b11-9+. The minimum absolute atomic E-state index is 0.364. The first-order chi connectivity index (χ1) is 13.0. The normalized spacial score (nSPS) is 11.5. The van der Waals surface area contributed by atoms with Gasteiger partial charge in [-0.05, 0) is 29.3 Å². The molecule has 6 nitrogen and oxygen atoms in total. The van der Waals surface area contributed by atoms with Gasteiger partial charge in [0.15, 0.2) is 5.58 Å². The molecule has 6 heteroatoms. The van der Waals surface area contributed by atoms with Crippen LogP contribution in [0.1, 0.15) is 11.5 Å². The van der Waals surface area contributed by atoms with Crippen LogP contribution < -0.4 is 11.2 Å². The quantitative estimate of drug-likeness (QED) is 0.564. The van der Waals surface area contributed by atoms with E-state index in [1.54, 1.807) is 19.2 Å². The van der Waals surface area contributed by atoms with Crippen LogP contribution in [0.3, 0.4) is 0 Å². The second kappa shape index (κ2) is 6.57. The van der Waals surface area contributed by atoms with Gasteiger partial charge in [-0.15, -0.1) is 0 Å². The second-order valence-corrected chi connectivity index (χ2v) is 6.28. The number of hydrogen-bond donors (Lipinski definition) is 0. The SMILES string of the molecule is Cn1cc(/C=C/c2nc3cc(-c4ccccc4)ccc3o2)c(=O)n(C)c1=O. The lowest BCUT2D eigenvalue weighted by Crippen LogP contribution is -2.37. The third-order valence-corrected chi connectivity index (χ3v) is 4.39. The summed E-state index contributed by atoms with van der Waals surface area (Å²) in [6.07, 6.45) is 4.73. The van der Waals surface area contributed by atoms with Gasteiger partial charge in [0.05, 0.1) is 5.56 Å². The fraction of sp³-hybridized carbons (Fsp3) is 0.0952. The Bertz CT molecular complexity index is 1280. The van der Waals surface area contributed by atoms with Gasteiger partial charge in [-0.3, -0.25) is 9.36 Å². The van der Waals surface area contributed by atoms with E-state index in [0.717, 1.165) is 21.2 Å². The Hall–Kier alpha value is -3.67. The van der Waals surface area contributed by atoms with E-state index in [1.807, 2.05) is 48.5 Å². The number of oxazole rings is 1. The van der Waals surface area contributed by atoms with Crippen LogP contribution in [0.2, 0.25) is 0 Å². The molecule has 2 aromatic heterocycles. The smallest absolute Gasteiger partial charge is 0.330 e. The van der Waals surface area contributed by atoms with E-state index in [4.69, 9.17) is 4.42 Å². The Morgan fingerprint density at radius 3 is 2.52 bits per heavy atom. The van der Waals surface area contributed by atoms with Gasteiger partial charge < -0.3 is 8.98 Å². The van der Waals surface area contributed by atoms with Crippen molar-refractivity contribution in [2.45, 2.75) is 0 Å². The Morgan fingerprint density at radius 2 is 1.74 bits per heavy atom. The lowest BCUT2D eigenvalue weighted by molar-refractivity contribution is 0.589. The van der Waals surface area contributed by atoms with Gasteiger partial charge in [0.2, 0.25) is 5.89 Å². The van der Waals surface area contributed by atoms with E-state index in [1.165, 1.54) is 17.8 Å². The molecule has 0 aliphatic heterocycles. The number of benzene rings is 2. The highest BCUT2D eigenvalue weighted by Gasteiger charge is 2.07. The molecular formula is C21H17N3O3. The average molecular weight is 359 g/mol. The molecule has 0 radical (unpaired) electrons. The molecule has 0 fully saturated rings. The topological polar surface area (TPSA) is 70.0 Å². The van der Waals surface area contributed by atoms with E-state index in [-0.39, 0.29) is 11.2 Å². The summed E-state index contributed by atoms with van der Waals surface area (Å²) < 4.78 is 8.16. The summed E-state index contributed by atoms with van der Waals surface area (Å²) in [6.45, 7) is 0. The fourth-order valence-electron chi connectivity index (χ4n) is 2.94. The number of fused-ring (bicyclic) bond motifs is 1. The van der Waals surface area contributed by atoms with E-state index in [2.05, 4.69) is 4.98 Å². The summed E-state index contributed by atoms with van der Waals surface area (Å²) in [5, 5.41) is 0. The zero-order chi connectivity index (χ0) is 19.0. The van der Waals surface area contributed by atoms with E-state index >= 15 is 0 Å². The maximum Gasteiger partial charge on any atom is 0.330 e. The molecule has 134 valence electrons. The van der Waals surface area contributed by atoms with Crippen LogP contribution in [0.5, 0.6) is 0 Å². The lowest BCUT2D eigenvalue weighted by atomic mass is 10.1. The molecule has 0 aliphatic carbocycles. The largest absolute Gasteiger partial charge is 0.437 e. The molecule has 4 aromatic rings. The Balaban J connectivity index is 1.70. The number of nitrogens with zero attached hydrogens (tertiary/aromatic N) is 3. The summed E-state index contributed by atoms with van der Waals surface area (Å²) in [5.41, 5.74) is 3.22. The monoisotopic (exact) mass is 359 g/mol. The maximum absolute atomic E-state index is 12.2. The van der Waals surface area contributed by atoms with Crippen molar-refractivity contribution < 1.29 is 4.42 Å². The Kier molecular flexibility index (Phi) is 4.08. The fourth-order valence-corrected chi connectivity index (χ4v) is 2.94. The highest BCUT2D eigenvalue weighted by Crippen LogP contribution is 2.25. The van der Waals surface area contributed by atoms with Crippen LogP contribution in [0, 0.1) is 0 Å². The van der Waals surface area contributed by atoms with Crippen molar-refractivity contribution in [1.29, 1.82) is 0 Å². The summed E-state index contributed by atoms with van der Waals surface area (Å²) in [5.74, 6) is 0.395. The molecule has 2 aromatic carbocycles. The number of rotatable bonds is 3. The van der Waals surface area contributed by atoms with Crippen LogP contribution in [-0.4, -0.2) is 14.1 Å². The second-order valence-electron chi connectivity index (χ2n) is 6.28. The molecule has 0 saturated carbocycles. The van der Waals surface area contributed by atoms with Gasteiger partial charge in [-0.2, -0.15) is 0 Å². The number of hydrogen-bond acceptors (Lipinski definition) is 4. The Morgan fingerprint density at radius 1 is 0.963 bits per heavy atom. The van der Waals surface area contributed by atoms with Crippen LogP contribution in [0.4, 0.5) is 0 Å². The first kappa shape index (κ1) is 16.8. The minimum Gasteiger partial charge on any atom is -0.437 e. The molecular weight excluding hydrogens is 342 g/mol. The highest BCUT2D eigenvalue weighted by atomic mass is 16.3. The zero-order valence-corrected chi connectivity index (χ0v) is 14.9. The highest BCUT2D eigenvalue weighted by molar-refractivity contribution is 5.81. The molecule has 0 aliphatic rings. The third-order valence-electron chi connectivity index (χ3n) is 4.39. The van der Waals surface area contributed by atoms with Gasteiger partial charge in [0.1, 0.15) is 5.52 Å². The summed E-state index contributed by atoms with van der Waals surface area (Å²) in [4.78, 5) is 28.4. The molecule has 0 saturated heterocycles. The van der Waals surface area contributed by atoms with Crippen LogP contribution in [0.15, 0.2) is 68.7 Å². The van der Waals surface area contributed by atoms with E-state index in [0.29, 0.717) is 17.0 Å². The average Bonchev–Trinajstić information content (AvgIpc) is 3.11. The molecule has 0 N–H and O–H groups in total. The van der Waals surface area contributed by atoms with Crippen molar-refractivity contribution >= 4 is 23.3 Å². The van der Waals surface area contributed by atoms with E-state index in [9.17, 15) is 9.59 Å². The molecule has 0 atom stereocenters.